The summed E-state index contributed by atoms with van der Waals surface area (Å²) in [5.74, 6) is -2.19. The van der Waals surface area contributed by atoms with Crippen LogP contribution in [0.3, 0.4) is 0 Å². The van der Waals surface area contributed by atoms with Crippen LogP contribution in [0.15, 0.2) is 0 Å². The fraction of sp³-hybridized carbons (Fsp3) is 0.833. The number of ether oxygens (including phenoxy) is 1. The number of aliphatic hydroxyl groups excluding tert-OH is 2. The number of esters is 1. The van der Waals surface area contributed by atoms with Crippen LogP contribution in [0, 0.1) is 11.8 Å². The van der Waals surface area contributed by atoms with E-state index in [1.165, 1.54) is 0 Å². The number of carbonyl (C=O) groups excluding carboxylic acids is 1. The van der Waals surface area contributed by atoms with Crippen molar-refractivity contribution in [2.75, 3.05) is 19.8 Å². The molecule has 0 aromatic carbocycles. The molecule has 0 aromatic heterocycles. The lowest BCUT2D eigenvalue weighted by Gasteiger charge is -2.26. The van der Waals surface area contributed by atoms with Crippen molar-refractivity contribution in [3.05, 3.63) is 0 Å². The van der Waals surface area contributed by atoms with E-state index in [4.69, 9.17) is 20.1 Å². The molecule has 1 saturated carbocycles. The van der Waals surface area contributed by atoms with Crippen LogP contribution in [-0.2, 0) is 14.3 Å². The Morgan fingerprint density at radius 3 is 2.00 bits per heavy atom. The zero-order valence-electron chi connectivity index (χ0n) is 10.7. The zero-order chi connectivity index (χ0) is 14.0. The van der Waals surface area contributed by atoms with Crippen molar-refractivity contribution in [3.8, 4) is 0 Å². The Labute approximate surface area is 107 Å². The molecule has 2 atom stereocenters. The first-order valence-corrected chi connectivity index (χ1v) is 6.19. The summed E-state index contributed by atoms with van der Waals surface area (Å²) in [6, 6.07) is 0. The molecule has 1 rings (SSSR count). The van der Waals surface area contributed by atoms with E-state index in [0.29, 0.717) is 19.4 Å². The quantitative estimate of drug-likeness (QED) is 0.634. The van der Waals surface area contributed by atoms with E-state index < -0.39 is 17.8 Å². The number of rotatable bonds is 4. The molecule has 0 spiro atoms. The second-order valence-corrected chi connectivity index (χ2v) is 4.03. The van der Waals surface area contributed by atoms with Crippen LogP contribution in [0.4, 0.5) is 0 Å². The van der Waals surface area contributed by atoms with Gasteiger partial charge in [-0.25, -0.2) is 0 Å². The Hall–Kier alpha value is -1.14. The number of aliphatic carboxylic acids is 1. The molecular formula is C12H22O6. The molecule has 1 fully saturated rings. The Morgan fingerprint density at radius 1 is 1.11 bits per heavy atom. The standard InChI is InChI=1S/C10H16O4.C2H6O2/c1-2-14-10(13)8-6-4-3-5-7(8)9(11)12;3-1-2-4/h7-8H,2-6H2,1H3,(H,11,12);3-4H,1-2H2. The molecule has 0 amide bonds. The normalized spacial score (nSPS) is 22.6. The van der Waals surface area contributed by atoms with Gasteiger partial charge in [0.15, 0.2) is 0 Å². The van der Waals surface area contributed by atoms with Gasteiger partial charge in [-0.15, -0.1) is 0 Å². The second-order valence-electron chi connectivity index (χ2n) is 4.03. The van der Waals surface area contributed by atoms with Crippen molar-refractivity contribution in [2.24, 2.45) is 11.8 Å². The van der Waals surface area contributed by atoms with Crippen molar-refractivity contribution < 1.29 is 29.6 Å². The van der Waals surface area contributed by atoms with Crippen LogP contribution < -0.4 is 0 Å². The molecule has 2 unspecified atom stereocenters. The van der Waals surface area contributed by atoms with E-state index in [1.54, 1.807) is 6.92 Å². The highest BCUT2D eigenvalue weighted by molar-refractivity contribution is 5.81. The van der Waals surface area contributed by atoms with E-state index in [9.17, 15) is 9.59 Å². The van der Waals surface area contributed by atoms with Gasteiger partial charge in [-0.3, -0.25) is 9.59 Å². The van der Waals surface area contributed by atoms with Crippen molar-refractivity contribution in [1.82, 2.24) is 0 Å². The van der Waals surface area contributed by atoms with Crippen molar-refractivity contribution in [2.45, 2.75) is 32.6 Å². The molecule has 0 heterocycles. The van der Waals surface area contributed by atoms with Gasteiger partial charge in [0.1, 0.15) is 0 Å². The fourth-order valence-corrected chi connectivity index (χ4v) is 1.96. The summed E-state index contributed by atoms with van der Waals surface area (Å²) >= 11 is 0. The minimum Gasteiger partial charge on any atom is -0.481 e. The van der Waals surface area contributed by atoms with Gasteiger partial charge in [-0.2, -0.15) is 0 Å². The monoisotopic (exact) mass is 262 g/mol. The number of aliphatic hydroxyl groups is 2. The van der Waals surface area contributed by atoms with E-state index >= 15 is 0 Å². The van der Waals surface area contributed by atoms with Crippen LogP contribution in [0.5, 0.6) is 0 Å². The van der Waals surface area contributed by atoms with E-state index in [0.717, 1.165) is 12.8 Å². The van der Waals surface area contributed by atoms with Crippen LogP contribution in [0.25, 0.3) is 0 Å². The average molecular weight is 262 g/mol. The van der Waals surface area contributed by atoms with E-state index in [1.807, 2.05) is 0 Å². The summed E-state index contributed by atoms with van der Waals surface area (Å²) in [5.41, 5.74) is 0. The summed E-state index contributed by atoms with van der Waals surface area (Å²) < 4.78 is 4.86. The number of carboxylic acids is 1. The average Bonchev–Trinajstić information content (AvgIpc) is 2.39. The number of hydrogen-bond donors (Lipinski definition) is 3. The summed E-state index contributed by atoms with van der Waals surface area (Å²) in [6.45, 7) is 1.80. The third-order valence-corrected chi connectivity index (χ3v) is 2.77. The predicted octanol–water partition coefficient (Wildman–Crippen LogP) is 0.412. The lowest BCUT2D eigenvalue weighted by Crippen LogP contribution is -2.33. The SMILES string of the molecule is CCOC(=O)C1CCCCC1C(=O)O.OCCO. The third-order valence-electron chi connectivity index (χ3n) is 2.77. The van der Waals surface area contributed by atoms with Crippen LogP contribution in [0.2, 0.25) is 0 Å². The first-order chi connectivity index (χ1) is 8.58. The van der Waals surface area contributed by atoms with Gasteiger partial charge in [0, 0.05) is 0 Å². The maximum absolute atomic E-state index is 11.4. The van der Waals surface area contributed by atoms with Gasteiger partial charge < -0.3 is 20.1 Å². The lowest BCUT2D eigenvalue weighted by atomic mass is 9.79. The first kappa shape index (κ1) is 16.9. The molecule has 0 radical (unpaired) electrons. The van der Waals surface area contributed by atoms with Crippen molar-refractivity contribution >= 4 is 11.9 Å². The Bertz CT molecular complexity index is 251. The molecule has 0 bridgehead atoms. The zero-order valence-corrected chi connectivity index (χ0v) is 10.7. The molecule has 1 aliphatic rings. The van der Waals surface area contributed by atoms with Crippen LogP contribution >= 0.6 is 0 Å². The van der Waals surface area contributed by atoms with Gasteiger partial charge >= 0.3 is 11.9 Å². The first-order valence-electron chi connectivity index (χ1n) is 6.19. The van der Waals surface area contributed by atoms with Crippen LogP contribution in [-0.4, -0.2) is 47.1 Å². The maximum atomic E-state index is 11.4. The van der Waals surface area contributed by atoms with Crippen molar-refractivity contribution in [1.29, 1.82) is 0 Å². The minimum absolute atomic E-state index is 0.125. The van der Waals surface area contributed by atoms with Crippen LogP contribution in [0.1, 0.15) is 32.6 Å². The highest BCUT2D eigenvalue weighted by atomic mass is 16.5. The molecule has 18 heavy (non-hydrogen) atoms. The molecule has 0 aliphatic heterocycles. The molecule has 3 N–H and O–H groups in total. The van der Waals surface area contributed by atoms with Gasteiger partial charge in [-0.1, -0.05) is 12.8 Å². The third kappa shape index (κ3) is 5.97. The number of carbonyl (C=O) groups is 2. The summed E-state index contributed by atoms with van der Waals surface area (Å²) in [4.78, 5) is 22.3. The molecule has 0 aromatic rings. The maximum Gasteiger partial charge on any atom is 0.309 e. The summed E-state index contributed by atoms with van der Waals surface area (Å²) in [7, 11) is 0. The van der Waals surface area contributed by atoms with Gasteiger partial charge in [0.25, 0.3) is 0 Å². The molecule has 6 heteroatoms. The second kappa shape index (κ2) is 9.85. The molecular weight excluding hydrogens is 240 g/mol. The smallest absolute Gasteiger partial charge is 0.309 e. The van der Waals surface area contributed by atoms with E-state index in [-0.39, 0.29) is 19.2 Å². The Balaban J connectivity index is 0.000000631. The summed E-state index contributed by atoms with van der Waals surface area (Å²) in [5, 5.41) is 24.2. The number of carboxylic acid groups (broad SMARTS) is 1. The molecule has 0 saturated heterocycles. The minimum atomic E-state index is -0.872. The largest absolute Gasteiger partial charge is 0.481 e. The summed E-state index contributed by atoms with van der Waals surface area (Å²) in [6.07, 6.45) is 3.06. The van der Waals surface area contributed by atoms with Gasteiger partial charge in [-0.05, 0) is 19.8 Å². The topological polar surface area (TPSA) is 104 Å². The highest BCUT2D eigenvalue weighted by Crippen LogP contribution is 2.31. The molecule has 106 valence electrons. The fourth-order valence-electron chi connectivity index (χ4n) is 1.96. The molecule has 1 aliphatic carbocycles. The predicted molar refractivity (Wildman–Crippen MR) is 63.9 cm³/mol. The van der Waals surface area contributed by atoms with Crippen molar-refractivity contribution in [3.63, 3.8) is 0 Å². The Kier molecular flexibility index (Phi) is 9.22. The highest BCUT2D eigenvalue weighted by Gasteiger charge is 2.36. The number of hydrogen-bond acceptors (Lipinski definition) is 5. The molecule has 6 nitrogen and oxygen atoms in total. The van der Waals surface area contributed by atoms with E-state index in [2.05, 4.69) is 0 Å². The Morgan fingerprint density at radius 2 is 1.61 bits per heavy atom. The van der Waals surface area contributed by atoms with Gasteiger partial charge in [0.2, 0.25) is 0 Å². The van der Waals surface area contributed by atoms with Gasteiger partial charge in [0.05, 0.1) is 31.7 Å². The lowest BCUT2D eigenvalue weighted by molar-refractivity contribution is -0.159.